The lowest BCUT2D eigenvalue weighted by Crippen LogP contribution is -2.39. The first-order valence-corrected chi connectivity index (χ1v) is 11.2. The molecular weight excluding hydrogens is 422 g/mol. The number of para-hydroxylation sites is 1. The van der Waals surface area contributed by atoms with E-state index in [2.05, 4.69) is 46.3 Å². The first kappa shape index (κ1) is 20.2. The molecule has 0 bridgehead atoms. The number of aromatic amines is 1. The van der Waals surface area contributed by atoms with Gasteiger partial charge in [0.05, 0.1) is 7.11 Å². The van der Waals surface area contributed by atoms with Crippen LogP contribution in [0.1, 0.15) is 34.0 Å². The van der Waals surface area contributed by atoms with Crippen LogP contribution in [0, 0.1) is 11.6 Å². The molecule has 1 atom stereocenters. The Morgan fingerprint density at radius 2 is 1.91 bits per heavy atom. The fraction of sp³-hybridized carbons (Fsp3) is 0.259. The third-order valence-corrected chi connectivity index (χ3v) is 6.93. The van der Waals surface area contributed by atoms with E-state index in [4.69, 9.17) is 9.47 Å². The van der Waals surface area contributed by atoms with Crippen molar-refractivity contribution in [2.24, 2.45) is 0 Å². The number of nitrogens with one attached hydrogen (secondary N) is 1. The molecule has 1 unspecified atom stereocenters. The number of hydrogen-bond acceptors (Lipinski definition) is 3. The highest BCUT2D eigenvalue weighted by Crippen LogP contribution is 2.44. The summed E-state index contributed by atoms with van der Waals surface area (Å²) in [7, 11) is 1.63. The maximum Gasteiger partial charge on any atom is 0.161 e. The molecule has 0 fully saturated rings. The minimum Gasteiger partial charge on any atom is -0.493 e. The molecule has 2 aliphatic heterocycles. The fourth-order valence-corrected chi connectivity index (χ4v) is 5.27. The van der Waals surface area contributed by atoms with Crippen molar-refractivity contribution in [1.82, 2.24) is 9.88 Å². The summed E-state index contributed by atoms with van der Waals surface area (Å²) in [6, 6.07) is 16.7. The Balaban J connectivity index is 1.31. The third-order valence-electron chi connectivity index (χ3n) is 6.93. The van der Waals surface area contributed by atoms with E-state index in [9.17, 15) is 8.78 Å². The van der Waals surface area contributed by atoms with Gasteiger partial charge in [-0.2, -0.15) is 0 Å². The number of nitrogens with zero attached hydrogens (tertiary/aromatic N) is 1. The van der Waals surface area contributed by atoms with Crippen LogP contribution in [0.5, 0.6) is 11.5 Å². The Labute approximate surface area is 190 Å². The van der Waals surface area contributed by atoms with E-state index in [1.807, 2.05) is 0 Å². The molecule has 0 radical (unpaired) electrons. The summed E-state index contributed by atoms with van der Waals surface area (Å²) < 4.78 is 38.4. The van der Waals surface area contributed by atoms with Gasteiger partial charge in [-0.05, 0) is 65.4 Å². The van der Waals surface area contributed by atoms with Gasteiger partial charge >= 0.3 is 0 Å². The van der Waals surface area contributed by atoms with Crippen molar-refractivity contribution >= 4 is 10.9 Å². The molecule has 0 saturated carbocycles. The van der Waals surface area contributed by atoms with Crippen LogP contribution < -0.4 is 9.47 Å². The van der Waals surface area contributed by atoms with Crippen LogP contribution in [0.25, 0.3) is 10.9 Å². The first-order valence-electron chi connectivity index (χ1n) is 11.2. The molecule has 0 saturated heterocycles. The normalized spacial score (nSPS) is 17.4. The Kier molecular flexibility index (Phi) is 4.84. The maximum atomic E-state index is 13.6. The molecule has 2 aliphatic rings. The molecule has 1 N–H and O–H groups in total. The molecule has 3 aromatic carbocycles. The molecule has 0 aliphatic carbocycles. The van der Waals surface area contributed by atoms with Gasteiger partial charge in [0.2, 0.25) is 0 Å². The van der Waals surface area contributed by atoms with Gasteiger partial charge in [-0.3, -0.25) is 4.90 Å². The van der Waals surface area contributed by atoms with Gasteiger partial charge < -0.3 is 14.5 Å². The van der Waals surface area contributed by atoms with Crippen molar-refractivity contribution < 1.29 is 18.3 Å². The predicted molar refractivity (Wildman–Crippen MR) is 123 cm³/mol. The zero-order valence-electron chi connectivity index (χ0n) is 18.3. The fourth-order valence-electron chi connectivity index (χ4n) is 5.27. The molecule has 0 spiro atoms. The van der Waals surface area contributed by atoms with Gasteiger partial charge in [0.1, 0.15) is 6.61 Å². The van der Waals surface area contributed by atoms with Crippen LogP contribution >= 0.6 is 0 Å². The summed E-state index contributed by atoms with van der Waals surface area (Å²) in [5, 5.41) is 1.30. The lowest BCUT2D eigenvalue weighted by Gasteiger charge is -2.40. The molecule has 1 aromatic heterocycles. The van der Waals surface area contributed by atoms with E-state index in [0.717, 1.165) is 32.0 Å². The summed E-state index contributed by atoms with van der Waals surface area (Å²) in [5.74, 6) is -0.455. The number of methoxy groups -OCH3 is 1. The van der Waals surface area contributed by atoms with E-state index in [1.165, 1.54) is 45.4 Å². The predicted octanol–water partition coefficient (Wildman–Crippen LogP) is 5.69. The van der Waals surface area contributed by atoms with Gasteiger partial charge in [0.15, 0.2) is 23.1 Å². The lowest BCUT2D eigenvalue weighted by molar-refractivity contribution is 0.158. The van der Waals surface area contributed by atoms with Gasteiger partial charge in [-0.15, -0.1) is 0 Å². The molecule has 6 heteroatoms. The largest absolute Gasteiger partial charge is 0.493 e. The number of fused-ring (bicyclic) bond motifs is 6. The van der Waals surface area contributed by atoms with Crippen molar-refractivity contribution in [2.45, 2.75) is 32.0 Å². The zero-order valence-corrected chi connectivity index (χ0v) is 18.3. The summed E-state index contributed by atoms with van der Waals surface area (Å²) in [6.07, 6.45) is 1.87. The van der Waals surface area contributed by atoms with E-state index in [-0.39, 0.29) is 12.6 Å². The Bertz CT molecular complexity index is 1360. The maximum absolute atomic E-state index is 13.6. The van der Waals surface area contributed by atoms with Crippen LogP contribution in [-0.4, -0.2) is 23.5 Å². The van der Waals surface area contributed by atoms with Gasteiger partial charge in [-0.25, -0.2) is 8.78 Å². The van der Waals surface area contributed by atoms with Gasteiger partial charge in [-0.1, -0.05) is 24.3 Å². The van der Waals surface area contributed by atoms with E-state index in [1.54, 1.807) is 7.11 Å². The van der Waals surface area contributed by atoms with Crippen LogP contribution in [0.4, 0.5) is 8.78 Å². The minimum atomic E-state index is -0.873. The van der Waals surface area contributed by atoms with Crippen LogP contribution in [-0.2, 0) is 26.0 Å². The molecule has 4 aromatic rings. The molecule has 6 rings (SSSR count). The number of benzene rings is 3. The quantitative estimate of drug-likeness (QED) is 0.438. The van der Waals surface area contributed by atoms with Crippen LogP contribution in [0.15, 0.2) is 54.6 Å². The van der Waals surface area contributed by atoms with Crippen LogP contribution in [0.2, 0.25) is 0 Å². The molecule has 33 heavy (non-hydrogen) atoms. The zero-order chi connectivity index (χ0) is 22.5. The second-order valence-corrected chi connectivity index (χ2v) is 8.81. The number of ether oxygens (including phenoxy) is 2. The Hall–Kier alpha value is -3.38. The van der Waals surface area contributed by atoms with Gasteiger partial charge in [0, 0.05) is 35.7 Å². The summed E-state index contributed by atoms with van der Waals surface area (Å²) in [6.45, 7) is 2.02. The number of hydrogen-bond donors (Lipinski definition) is 1. The van der Waals surface area contributed by atoms with Crippen LogP contribution in [0.3, 0.4) is 0 Å². The summed E-state index contributed by atoms with van der Waals surface area (Å²) in [5.41, 5.74) is 7.00. The Morgan fingerprint density at radius 1 is 1.03 bits per heavy atom. The topological polar surface area (TPSA) is 37.5 Å². The second-order valence-electron chi connectivity index (χ2n) is 8.81. The van der Waals surface area contributed by atoms with E-state index >= 15 is 0 Å². The lowest BCUT2D eigenvalue weighted by atomic mass is 9.85. The van der Waals surface area contributed by atoms with Crippen molar-refractivity contribution in [2.75, 3.05) is 13.7 Å². The molecule has 3 heterocycles. The highest BCUT2D eigenvalue weighted by Gasteiger charge is 2.34. The highest BCUT2D eigenvalue weighted by atomic mass is 19.2. The Morgan fingerprint density at radius 3 is 2.76 bits per heavy atom. The average Bonchev–Trinajstić information content (AvgIpc) is 3.20. The van der Waals surface area contributed by atoms with Crippen molar-refractivity contribution in [1.29, 1.82) is 0 Å². The van der Waals surface area contributed by atoms with E-state index < -0.39 is 11.6 Å². The molecular formula is C27H24F2N2O2. The number of halogens is 2. The number of H-pyrrole nitrogens is 1. The van der Waals surface area contributed by atoms with Crippen molar-refractivity contribution in [3.05, 3.63) is 94.2 Å². The minimum absolute atomic E-state index is 0.139. The molecule has 4 nitrogen and oxygen atoms in total. The first-order chi connectivity index (χ1) is 16.1. The van der Waals surface area contributed by atoms with Gasteiger partial charge in [0.25, 0.3) is 0 Å². The molecule has 168 valence electrons. The van der Waals surface area contributed by atoms with E-state index in [0.29, 0.717) is 17.1 Å². The monoisotopic (exact) mass is 446 g/mol. The smallest absolute Gasteiger partial charge is 0.161 e. The second kappa shape index (κ2) is 7.89. The summed E-state index contributed by atoms with van der Waals surface area (Å²) >= 11 is 0. The standard InChI is InChI=1S/C27H24F2N2O2/c1-32-26-13-19-17(11-27(26)33-15-16-6-7-21(28)22(29)10-16)8-9-31-14-24-20(12-25(19)31)18-4-2-3-5-23(18)30-24/h2-7,10-11,13,25,30H,8-9,12,14-15H2,1H3. The third kappa shape index (κ3) is 3.45. The average molecular weight is 446 g/mol. The number of rotatable bonds is 4. The highest BCUT2D eigenvalue weighted by molar-refractivity contribution is 5.85. The number of aromatic nitrogens is 1. The van der Waals surface area contributed by atoms with Crippen molar-refractivity contribution in [3.63, 3.8) is 0 Å². The SMILES string of the molecule is COc1cc2c(cc1OCc1ccc(F)c(F)c1)CCN1Cc3[nH]c4ccccc4c3CC21. The summed E-state index contributed by atoms with van der Waals surface area (Å²) in [4.78, 5) is 6.14. The van der Waals surface area contributed by atoms with Crippen molar-refractivity contribution in [3.8, 4) is 11.5 Å². The molecule has 0 amide bonds.